The smallest absolute Gasteiger partial charge is 1.00 e. The Kier molecular flexibility index (Phi) is 7.53. The molecule has 5 heteroatoms. The number of hydrogen-bond acceptors (Lipinski definition) is 0. The van der Waals surface area contributed by atoms with E-state index in [9.17, 15) is 0 Å². The maximum atomic E-state index is 2.58. The van der Waals surface area contributed by atoms with Crippen LogP contribution < -0.4 is 24.8 Å². The van der Waals surface area contributed by atoms with Crippen LogP contribution in [-0.2, 0) is 23.2 Å². The van der Waals surface area contributed by atoms with Gasteiger partial charge >= 0.3 is 258 Å². The van der Waals surface area contributed by atoms with Gasteiger partial charge in [0.2, 0.25) is 0 Å². The van der Waals surface area contributed by atoms with Crippen molar-refractivity contribution < 1.29 is 48.0 Å². The van der Waals surface area contributed by atoms with E-state index in [1.807, 2.05) is 0 Å². The molecule has 0 saturated heterocycles. The summed E-state index contributed by atoms with van der Waals surface area (Å²) in [6, 6.07) is 47.3. The number of para-hydroxylation sites is 3. The first-order valence-corrected chi connectivity index (χ1v) is 17.5. The molecule has 2 aromatic heterocycles. The van der Waals surface area contributed by atoms with Crippen molar-refractivity contribution in [3.63, 3.8) is 0 Å². The second-order valence-electron chi connectivity index (χ2n) is 11.5. The molecule has 2 unspecified atom stereocenters. The summed E-state index contributed by atoms with van der Waals surface area (Å²) in [6.45, 7) is 2.26. The van der Waals surface area contributed by atoms with E-state index in [2.05, 4.69) is 156 Å². The van der Waals surface area contributed by atoms with Crippen molar-refractivity contribution in [3.05, 3.63) is 155 Å². The van der Waals surface area contributed by atoms with Gasteiger partial charge in [-0.05, 0) is 0 Å². The van der Waals surface area contributed by atoms with Crippen LogP contribution in [0, 0.1) is 6.92 Å². The van der Waals surface area contributed by atoms with Gasteiger partial charge in [0, 0.05) is 0 Å². The summed E-state index contributed by atoms with van der Waals surface area (Å²) < 4.78 is 5.99. The van der Waals surface area contributed by atoms with E-state index in [4.69, 9.17) is 0 Å². The van der Waals surface area contributed by atoms with Gasteiger partial charge in [0.1, 0.15) is 0 Å². The molecule has 0 aliphatic heterocycles. The average molecular weight is 687 g/mol. The van der Waals surface area contributed by atoms with E-state index >= 15 is 0 Å². The van der Waals surface area contributed by atoms with Crippen molar-refractivity contribution in [1.82, 2.24) is 9.13 Å². The first kappa shape index (κ1) is 29.1. The summed E-state index contributed by atoms with van der Waals surface area (Å²) in [5.74, 6) is 0. The summed E-state index contributed by atoms with van der Waals surface area (Å²) in [7, 11) is 0. The number of aryl methyl sites for hydroxylation is 1. The molecule has 2 nitrogen and oxygen atoms in total. The van der Waals surface area contributed by atoms with Gasteiger partial charge in [-0.3, -0.25) is 0 Å². The molecule has 2 aliphatic carbocycles. The van der Waals surface area contributed by atoms with Gasteiger partial charge in [0.05, 0.1) is 0 Å². The van der Waals surface area contributed by atoms with Crippen molar-refractivity contribution in [1.29, 1.82) is 0 Å². The molecule has 7 aromatic rings. The monoisotopic (exact) mass is 684 g/mol. The molecule has 9 rings (SSSR count). The van der Waals surface area contributed by atoms with E-state index in [0.717, 1.165) is 0 Å². The van der Waals surface area contributed by atoms with Crippen LogP contribution in [0.3, 0.4) is 0 Å². The maximum Gasteiger partial charge on any atom is -1.00 e. The van der Waals surface area contributed by atoms with E-state index in [1.54, 1.807) is 0 Å². The molecule has 0 radical (unpaired) electrons. The van der Waals surface area contributed by atoms with Gasteiger partial charge in [-0.1, -0.05) is 0 Å². The van der Waals surface area contributed by atoms with Crippen LogP contribution >= 0.6 is 0 Å². The number of benzene rings is 5. The Bertz CT molecular complexity index is 2220. The Hall–Kier alpha value is -3.62. The van der Waals surface area contributed by atoms with Crippen molar-refractivity contribution in [3.8, 4) is 0 Å². The van der Waals surface area contributed by atoms with Crippen LogP contribution in [0.5, 0.6) is 0 Å². The molecular formula is C39H28Cl2N2Zr. The summed E-state index contributed by atoms with van der Waals surface area (Å²) in [5, 5.41) is 3.97. The number of rotatable bonds is 4. The van der Waals surface area contributed by atoms with E-state index < -0.39 is 23.2 Å². The standard InChI is InChI=1S/C21H14N.C18H14N.2ClH.Zr/c1-2-8-16-14-17(13-15(16)7-1)22-20-11-5-3-9-18(20)19-10-4-6-12-21(19)22;1-13-10-16-8-4-5-9-18(16)19(13)17-11-14-6-2-3-7-15(14)12-17;;;/h1-14H;2-12H,1H3;2*1H;/q;;;;+2/p-2. The predicted octanol–water partition coefficient (Wildman–Crippen LogP) is 3.95. The molecular weight excluding hydrogens is 659 g/mol. The average Bonchev–Trinajstić information content (AvgIpc) is 3.76. The first-order valence-electron chi connectivity index (χ1n) is 14.7. The van der Waals surface area contributed by atoms with Crippen LogP contribution in [0.25, 0.3) is 56.3 Å². The second kappa shape index (κ2) is 11.4. The van der Waals surface area contributed by atoms with Crippen LogP contribution in [0.2, 0.25) is 0 Å². The third-order valence-corrected chi connectivity index (χ3v) is 13.8. The Morgan fingerprint density at radius 1 is 0.500 bits per heavy atom. The van der Waals surface area contributed by atoms with Gasteiger partial charge < -0.3 is 24.8 Å². The van der Waals surface area contributed by atoms with Gasteiger partial charge in [0.15, 0.2) is 0 Å². The van der Waals surface area contributed by atoms with Crippen LogP contribution in [0.15, 0.2) is 127 Å². The molecule has 2 atom stereocenters. The molecule has 0 spiro atoms. The summed E-state index contributed by atoms with van der Waals surface area (Å²) in [6.07, 6.45) is 4.96. The van der Waals surface area contributed by atoms with Crippen LogP contribution in [0.1, 0.15) is 35.2 Å². The minimum atomic E-state index is -1.19. The van der Waals surface area contributed by atoms with Gasteiger partial charge in [-0.15, -0.1) is 0 Å². The second-order valence-corrected chi connectivity index (χ2v) is 15.1. The minimum Gasteiger partial charge on any atom is -1.00 e. The summed E-state index contributed by atoms with van der Waals surface area (Å²) in [5.41, 5.74) is 13.9. The quantitative estimate of drug-likeness (QED) is 0.266. The molecule has 0 bridgehead atoms. The molecule has 0 amide bonds. The Balaban J connectivity index is 0.00000156. The van der Waals surface area contributed by atoms with E-state index in [0.29, 0.717) is 7.25 Å². The zero-order chi connectivity index (χ0) is 27.8. The molecule has 212 valence electrons. The molecule has 0 N–H and O–H groups in total. The number of aromatic nitrogens is 2. The number of nitrogens with zero attached hydrogens (tertiary/aromatic N) is 2. The number of allylic oxidation sites excluding steroid dienone is 2. The fourth-order valence-electron chi connectivity index (χ4n) is 7.35. The molecule has 2 heterocycles. The zero-order valence-electron chi connectivity index (χ0n) is 24.1. The normalized spacial score (nSPS) is 16.6. The Morgan fingerprint density at radius 3 is 1.55 bits per heavy atom. The summed E-state index contributed by atoms with van der Waals surface area (Å²) >= 11 is -1.19. The molecule has 2 aliphatic rings. The fraction of sp³-hybridized carbons (Fsp3) is 0.0769. The largest absolute Gasteiger partial charge is 1.00 e. The Morgan fingerprint density at radius 2 is 0.955 bits per heavy atom. The topological polar surface area (TPSA) is 9.86 Å². The predicted molar refractivity (Wildman–Crippen MR) is 173 cm³/mol. The van der Waals surface area contributed by atoms with E-state index in [-0.39, 0.29) is 24.8 Å². The summed E-state index contributed by atoms with van der Waals surface area (Å²) in [4.78, 5) is 0. The van der Waals surface area contributed by atoms with Crippen molar-refractivity contribution in [2.75, 3.05) is 0 Å². The zero-order valence-corrected chi connectivity index (χ0v) is 28.1. The fourth-order valence-corrected chi connectivity index (χ4v) is 12.2. The molecule has 0 saturated carbocycles. The third kappa shape index (κ3) is 4.32. The number of halogens is 2. The van der Waals surface area contributed by atoms with Crippen LogP contribution in [0.4, 0.5) is 0 Å². The minimum absolute atomic E-state index is 0. The van der Waals surface area contributed by atoms with Crippen molar-refractivity contribution in [2.24, 2.45) is 0 Å². The first-order chi connectivity index (χ1) is 20.8. The van der Waals surface area contributed by atoms with E-state index in [1.165, 1.54) is 72.1 Å². The van der Waals surface area contributed by atoms with Crippen molar-refractivity contribution in [2.45, 2.75) is 14.2 Å². The number of fused-ring (bicyclic) bond motifs is 6. The number of hydrogen-bond donors (Lipinski definition) is 0. The molecule has 5 aromatic carbocycles. The Labute approximate surface area is 281 Å². The van der Waals surface area contributed by atoms with Crippen LogP contribution in [-0.4, -0.2) is 9.13 Å². The third-order valence-electron chi connectivity index (χ3n) is 9.14. The maximum absolute atomic E-state index is 2.58. The van der Waals surface area contributed by atoms with Gasteiger partial charge in [-0.2, -0.15) is 0 Å². The SMILES string of the molecule is Cc1cc2ccccc2n1C1=Cc2ccccc2[CH]1[Zr+2][CH]1C(n2c3ccccc3c3ccccc32)=Cc2ccccc21.[Cl-].[Cl-]. The molecule has 44 heavy (non-hydrogen) atoms. The molecule has 0 fully saturated rings. The van der Waals surface area contributed by atoms with Gasteiger partial charge in [0.25, 0.3) is 0 Å². The van der Waals surface area contributed by atoms with Gasteiger partial charge in [-0.25, -0.2) is 0 Å². The van der Waals surface area contributed by atoms with Crippen molar-refractivity contribution >= 4 is 56.3 Å².